The maximum absolute atomic E-state index is 13.1. The van der Waals surface area contributed by atoms with E-state index < -0.39 is 10.0 Å². The predicted molar refractivity (Wildman–Crippen MR) is 120 cm³/mol. The van der Waals surface area contributed by atoms with Crippen LogP contribution in [0.15, 0.2) is 47.4 Å². The molecule has 2 aromatic carbocycles. The second-order valence-electron chi connectivity index (χ2n) is 8.07. The minimum Gasteiger partial charge on any atom is -0.490 e. The molecule has 0 unspecified atom stereocenters. The summed E-state index contributed by atoms with van der Waals surface area (Å²) in [5.74, 6) is 0.607. The molecule has 1 N–H and O–H groups in total. The molecule has 0 atom stereocenters. The number of fused-ring (bicyclic) bond motifs is 1. The Hall–Kier alpha value is -2.69. The van der Waals surface area contributed by atoms with Gasteiger partial charge in [0.25, 0.3) is 0 Å². The van der Waals surface area contributed by atoms with Gasteiger partial charge in [0.15, 0.2) is 11.5 Å². The molecule has 0 spiro atoms. The highest BCUT2D eigenvalue weighted by molar-refractivity contribution is 7.89. The van der Waals surface area contributed by atoms with E-state index in [-0.39, 0.29) is 23.2 Å². The van der Waals surface area contributed by atoms with Crippen molar-refractivity contribution in [2.75, 3.05) is 52.5 Å². The van der Waals surface area contributed by atoms with Gasteiger partial charge in [-0.2, -0.15) is 4.31 Å². The number of rotatable bonds is 7. The van der Waals surface area contributed by atoms with Crippen molar-refractivity contribution in [2.45, 2.75) is 17.7 Å². The first-order chi connectivity index (χ1) is 15.9. The topological polar surface area (TPSA) is 88.2 Å². The predicted octanol–water partition coefficient (Wildman–Crippen LogP) is 1.65. The number of benzene rings is 2. The number of carbonyl (C=O) groups is 1. The van der Waals surface area contributed by atoms with E-state index in [9.17, 15) is 17.6 Å². The summed E-state index contributed by atoms with van der Waals surface area (Å²) in [6.45, 7) is 3.25. The van der Waals surface area contributed by atoms with Crippen LogP contribution in [0, 0.1) is 5.82 Å². The van der Waals surface area contributed by atoms with Crippen molar-refractivity contribution in [1.82, 2.24) is 14.5 Å². The Labute approximate surface area is 193 Å². The minimum absolute atomic E-state index is 0.115. The fourth-order valence-corrected chi connectivity index (χ4v) is 5.28. The number of sulfonamides is 1. The first kappa shape index (κ1) is 23.5. The first-order valence-electron chi connectivity index (χ1n) is 11.0. The van der Waals surface area contributed by atoms with Crippen molar-refractivity contribution in [2.24, 2.45) is 0 Å². The molecule has 2 heterocycles. The van der Waals surface area contributed by atoms with Gasteiger partial charge in [-0.05, 0) is 36.2 Å². The van der Waals surface area contributed by atoms with Gasteiger partial charge in [0, 0.05) is 45.2 Å². The van der Waals surface area contributed by atoms with Crippen molar-refractivity contribution >= 4 is 15.9 Å². The van der Waals surface area contributed by atoms with E-state index in [0.717, 1.165) is 12.0 Å². The molecule has 33 heavy (non-hydrogen) atoms. The first-order valence-corrected chi connectivity index (χ1v) is 12.5. The van der Waals surface area contributed by atoms with Crippen LogP contribution in [0.2, 0.25) is 0 Å². The van der Waals surface area contributed by atoms with Crippen LogP contribution >= 0.6 is 0 Å². The monoisotopic (exact) mass is 477 g/mol. The van der Waals surface area contributed by atoms with Crippen LogP contribution in [0.25, 0.3) is 0 Å². The zero-order valence-corrected chi connectivity index (χ0v) is 19.2. The molecule has 178 valence electrons. The number of nitrogens with one attached hydrogen (secondary N) is 1. The molecule has 2 aliphatic rings. The summed E-state index contributed by atoms with van der Waals surface area (Å²) in [7, 11) is -3.66. The third-order valence-corrected chi connectivity index (χ3v) is 7.60. The Morgan fingerprint density at radius 1 is 0.970 bits per heavy atom. The smallest absolute Gasteiger partial charge is 0.243 e. The summed E-state index contributed by atoms with van der Waals surface area (Å²) in [5.41, 5.74) is 0.949. The summed E-state index contributed by atoms with van der Waals surface area (Å²) < 4.78 is 51.8. The molecule has 0 aromatic heterocycles. The van der Waals surface area contributed by atoms with Gasteiger partial charge in [-0.25, -0.2) is 12.8 Å². The number of hydrogen-bond donors (Lipinski definition) is 1. The molecule has 2 aliphatic heterocycles. The maximum Gasteiger partial charge on any atom is 0.243 e. The SMILES string of the molecule is O=C(CN1CCN(S(=O)(=O)c2ccc3c(c2)OCCCO3)CC1)NCCc1ccc(F)cc1. The molecular weight excluding hydrogens is 449 g/mol. The lowest BCUT2D eigenvalue weighted by Crippen LogP contribution is -2.51. The molecule has 10 heteroatoms. The van der Waals surface area contributed by atoms with E-state index in [0.29, 0.717) is 63.9 Å². The number of halogens is 1. The number of hydrogen-bond acceptors (Lipinski definition) is 6. The Morgan fingerprint density at radius 2 is 1.67 bits per heavy atom. The highest BCUT2D eigenvalue weighted by Gasteiger charge is 2.30. The van der Waals surface area contributed by atoms with E-state index >= 15 is 0 Å². The van der Waals surface area contributed by atoms with E-state index in [1.807, 2.05) is 4.90 Å². The van der Waals surface area contributed by atoms with Crippen molar-refractivity contribution in [3.05, 3.63) is 53.8 Å². The van der Waals surface area contributed by atoms with E-state index in [1.54, 1.807) is 24.3 Å². The molecule has 1 fully saturated rings. The number of carbonyl (C=O) groups excluding carboxylic acids is 1. The van der Waals surface area contributed by atoms with Gasteiger partial charge in [0.05, 0.1) is 24.7 Å². The molecule has 8 nitrogen and oxygen atoms in total. The van der Waals surface area contributed by atoms with Crippen molar-refractivity contribution in [3.8, 4) is 11.5 Å². The number of piperazine rings is 1. The third kappa shape index (κ3) is 6.01. The normalized spacial score (nSPS) is 17.4. The lowest BCUT2D eigenvalue weighted by atomic mass is 10.1. The molecule has 2 aromatic rings. The summed E-state index contributed by atoms with van der Waals surface area (Å²) in [6.07, 6.45) is 1.37. The Morgan fingerprint density at radius 3 is 2.39 bits per heavy atom. The highest BCUT2D eigenvalue weighted by atomic mass is 32.2. The van der Waals surface area contributed by atoms with Crippen LogP contribution in [0.3, 0.4) is 0 Å². The second kappa shape index (κ2) is 10.5. The summed E-state index contributed by atoms with van der Waals surface area (Å²) in [5, 5.41) is 2.86. The lowest BCUT2D eigenvalue weighted by Gasteiger charge is -2.33. The summed E-state index contributed by atoms with van der Waals surface area (Å²) >= 11 is 0. The van der Waals surface area contributed by atoms with Crippen LogP contribution in [0.4, 0.5) is 4.39 Å². The molecule has 0 bridgehead atoms. The Bertz CT molecular complexity index is 1070. The van der Waals surface area contributed by atoms with E-state index in [4.69, 9.17) is 9.47 Å². The average molecular weight is 478 g/mol. The van der Waals surface area contributed by atoms with Gasteiger partial charge in [0.2, 0.25) is 15.9 Å². The Kier molecular flexibility index (Phi) is 7.46. The van der Waals surface area contributed by atoms with Crippen molar-refractivity contribution in [1.29, 1.82) is 0 Å². The zero-order chi connectivity index (χ0) is 23.3. The van der Waals surface area contributed by atoms with Gasteiger partial charge in [-0.3, -0.25) is 9.69 Å². The molecular formula is C23H28FN3O5S. The average Bonchev–Trinajstić information content (AvgIpc) is 3.06. The molecule has 4 rings (SSSR count). The molecule has 1 saturated heterocycles. The van der Waals surface area contributed by atoms with Gasteiger partial charge in [-0.1, -0.05) is 12.1 Å². The standard InChI is InChI=1S/C23H28FN3O5S/c24-19-4-2-18(3-5-19)8-9-25-23(28)17-26-10-12-27(13-11-26)33(29,30)20-6-7-21-22(16-20)32-15-1-14-31-21/h2-7,16H,1,8-15,17H2,(H,25,28). The van der Waals surface area contributed by atoms with Gasteiger partial charge >= 0.3 is 0 Å². The highest BCUT2D eigenvalue weighted by Crippen LogP contribution is 2.33. The van der Waals surface area contributed by atoms with Gasteiger partial charge in [0.1, 0.15) is 5.82 Å². The van der Waals surface area contributed by atoms with Crippen molar-refractivity contribution < 1.29 is 27.1 Å². The number of amides is 1. The van der Waals surface area contributed by atoms with Gasteiger partial charge in [-0.15, -0.1) is 0 Å². The fourth-order valence-electron chi connectivity index (χ4n) is 3.84. The Balaban J connectivity index is 1.25. The minimum atomic E-state index is -3.66. The van der Waals surface area contributed by atoms with Crippen LogP contribution in [0.1, 0.15) is 12.0 Å². The van der Waals surface area contributed by atoms with Crippen LogP contribution < -0.4 is 14.8 Å². The lowest BCUT2D eigenvalue weighted by molar-refractivity contribution is -0.122. The quantitative estimate of drug-likeness (QED) is 0.653. The van der Waals surface area contributed by atoms with E-state index in [2.05, 4.69) is 5.32 Å². The molecule has 0 saturated carbocycles. The summed E-state index contributed by atoms with van der Waals surface area (Å²) in [4.78, 5) is 14.4. The zero-order valence-electron chi connectivity index (χ0n) is 18.3. The largest absolute Gasteiger partial charge is 0.490 e. The second-order valence-corrected chi connectivity index (χ2v) is 10.0. The maximum atomic E-state index is 13.1. The summed E-state index contributed by atoms with van der Waals surface area (Å²) in [6, 6.07) is 10.9. The van der Waals surface area contributed by atoms with Crippen LogP contribution in [0.5, 0.6) is 11.5 Å². The van der Waals surface area contributed by atoms with Crippen LogP contribution in [-0.4, -0.2) is 76.0 Å². The van der Waals surface area contributed by atoms with Gasteiger partial charge < -0.3 is 14.8 Å². The van der Waals surface area contributed by atoms with Crippen molar-refractivity contribution in [3.63, 3.8) is 0 Å². The van der Waals surface area contributed by atoms with Crippen LogP contribution in [-0.2, 0) is 21.2 Å². The number of ether oxygens (including phenoxy) is 2. The number of nitrogens with zero attached hydrogens (tertiary/aromatic N) is 2. The molecule has 0 aliphatic carbocycles. The molecule has 0 radical (unpaired) electrons. The fraction of sp³-hybridized carbons (Fsp3) is 0.435. The third-order valence-electron chi connectivity index (χ3n) is 5.70. The van der Waals surface area contributed by atoms with E-state index in [1.165, 1.54) is 22.5 Å². The molecule has 1 amide bonds.